The van der Waals surface area contributed by atoms with E-state index >= 15 is 0 Å². The second-order valence-corrected chi connectivity index (χ2v) is 11.1. The highest BCUT2D eigenvalue weighted by atomic mass is 32.2. The molecule has 0 aliphatic heterocycles. The highest BCUT2D eigenvalue weighted by Crippen LogP contribution is 2.22. The van der Waals surface area contributed by atoms with Crippen molar-refractivity contribution in [3.05, 3.63) is 193 Å². The number of ether oxygens (including phenoxy) is 1. The first-order chi connectivity index (χ1) is 18.9. The van der Waals surface area contributed by atoms with Crippen molar-refractivity contribution >= 4 is 19.7 Å². The smallest absolute Gasteiger partial charge is 0.206 e. The second-order valence-electron chi connectivity index (χ2n) is 7.16. The molecule has 0 spiro atoms. The number of hydrogen-bond donors (Lipinski definition) is 1. The van der Waals surface area contributed by atoms with Crippen molar-refractivity contribution in [2.24, 2.45) is 0 Å². The molecule has 0 atom stereocenters. The Morgan fingerprint density at radius 1 is 0.475 bits per heavy atom. The summed E-state index contributed by atoms with van der Waals surface area (Å²) in [5, 5.41) is 9.53. The molecule has 0 aromatic carbocycles. The van der Waals surface area contributed by atoms with Gasteiger partial charge in [-0.25, -0.2) is 16.8 Å². The van der Waals surface area contributed by atoms with Crippen LogP contribution in [0.25, 0.3) is 0 Å². The summed E-state index contributed by atoms with van der Waals surface area (Å²) in [6.45, 7) is 28.4. The van der Waals surface area contributed by atoms with E-state index in [1.54, 1.807) is 6.08 Å². The molecule has 0 aromatic rings. The van der Waals surface area contributed by atoms with Crippen LogP contribution in [0.5, 0.6) is 0 Å². The maximum Gasteiger partial charge on any atom is 0.206 e. The van der Waals surface area contributed by atoms with Gasteiger partial charge in [-0.05, 0) is 60.8 Å². The Morgan fingerprint density at radius 3 is 1.18 bits per heavy atom. The largest absolute Gasteiger partial charge is 0.508 e. The molecule has 0 unspecified atom stereocenters. The predicted octanol–water partition coefficient (Wildman–Crippen LogP) is 7.62. The summed E-state index contributed by atoms with van der Waals surface area (Å²) >= 11 is 0. The lowest BCUT2D eigenvalue weighted by Crippen LogP contribution is -2.04. The lowest BCUT2D eigenvalue weighted by Gasteiger charge is -2.08. The summed E-state index contributed by atoms with van der Waals surface area (Å²) in [7, 11) is -7.99. The molecule has 0 saturated carbocycles. The average molecular weight is 579 g/mol. The van der Waals surface area contributed by atoms with E-state index in [-0.39, 0.29) is 36.9 Å². The quantitative estimate of drug-likeness (QED) is 0.133. The van der Waals surface area contributed by atoms with Crippen LogP contribution in [-0.2, 0) is 24.4 Å². The van der Waals surface area contributed by atoms with Gasteiger partial charge in [0, 0.05) is 0 Å². The lowest BCUT2D eigenvalue weighted by atomic mass is 10.3. The number of aliphatic hydroxyl groups is 1. The normalized spacial score (nSPS) is 14.8. The summed E-state index contributed by atoms with van der Waals surface area (Å²) < 4.78 is 57.7. The molecule has 0 amide bonds. The van der Waals surface area contributed by atoms with Crippen LogP contribution in [0.2, 0.25) is 0 Å². The Hall–Kier alpha value is -4.66. The number of allylic oxidation sites excluding steroid dienone is 17. The van der Waals surface area contributed by atoms with Crippen molar-refractivity contribution in [3.8, 4) is 0 Å². The van der Waals surface area contributed by atoms with Gasteiger partial charge in [-0.15, -0.1) is 0 Å². The molecule has 6 nitrogen and oxygen atoms in total. The lowest BCUT2D eigenvalue weighted by molar-refractivity contribution is 0.337. The van der Waals surface area contributed by atoms with Crippen molar-refractivity contribution in [1.29, 1.82) is 0 Å². The summed E-state index contributed by atoms with van der Waals surface area (Å²) in [5.74, 6) is 0.0172. The zero-order valence-electron chi connectivity index (χ0n) is 22.3. The van der Waals surface area contributed by atoms with Gasteiger partial charge in [-0.3, -0.25) is 0 Å². The van der Waals surface area contributed by atoms with Gasteiger partial charge in [0.25, 0.3) is 0 Å². The van der Waals surface area contributed by atoms with Crippen LogP contribution in [0.3, 0.4) is 0 Å². The van der Waals surface area contributed by atoms with Crippen molar-refractivity contribution in [3.63, 3.8) is 0 Å². The van der Waals surface area contributed by atoms with E-state index in [2.05, 4.69) is 52.6 Å². The van der Waals surface area contributed by atoms with Crippen LogP contribution >= 0.6 is 0 Å². The standard InChI is InChI=1S/C32H34O6S2/c1-9-17-18-19-29(13-5)39(34,35)31(15-7)24-21-27(11-3)38-28(12-4)22-25-32(16-8)40(36,37)30(14-6)23-20-26(33)10-2/h9-25,33H,1-8H2/b18-17-,26-20+,27-21+,28-22+,29-19+,30-23+,31-24+,32-25+. The third-order valence-corrected chi connectivity index (χ3v) is 8.34. The zero-order valence-corrected chi connectivity index (χ0v) is 23.9. The van der Waals surface area contributed by atoms with Gasteiger partial charge in [0.1, 0.15) is 17.3 Å². The van der Waals surface area contributed by atoms with Gasteiger partial charge < -0.3 is 9.84 Å². The molecule has 8 heteroatoms. The molecule has 0 aromatic heterocycles. The van der Waals surface area contributed by atoms with Crippen molar-refractivity contribution in [1.82, 2.24) is 0 Å². The van der Waals surface area contributed by atoms with E-state index in [0.717, 1.165) is 24.3 Å². The minimum absolute atomic E-state index is 0.0515. The van der Waals surface area contributed by atoms with Gasteiger partial charge in [-0.1, -0.05) is 95.2 Å². The van der Waals surface area contributed by atoms with E-state index in [1.807, 2.05) is 0 Å². The van der Waals surface area contributed by atoms with Crippen molar-refractivity contribution in [2.45, 2.75) is 0 Å². The highest BCUT2D eigenvalue weighted by molar-refractivity contribution is 7.99. The number of sulfone groups is 2. The Bertz CT molecular complexity index is 1510. The maximum atomic E-state index is 13.0. The summed E-state index contributed by atoms with van der Waals surface area (Å²) in [6, 6.07) is 0. The Kier molecular flexibility index (Phi) is 15.7. The summed E-state index contributed by atoms with van der Waals surface area (Å²) in [6.07, 6.45) is 21.9. The SMILES string of the molecule is C=C/C=C\C=C(/C=C)S(=O)(=O)/C(C=C)=C/C=C(\C=C)O/C(C=C)=C/C=C(\C=C)S(=O)(=O)/C(C=C)=C/C=C(/O)C=C. The molecular weight excluding hydrogens is 544 g/mol. The van der Waals surface area contributed by atoms with Gasteiger partial charge in [0.15, 0.2) is 0 Å². The Balaban J connectivity index is 6.49. The van der Waals surface area contributed by atoms with Crippen LogP contribution in [0.1, 0.15) is 0 Å². The fraction of sp³-hybridized carbons (Fsp3) is 0. The Morgan fingerprint density at radius 2 is 0.850 bits per heavy atom. The molecule has 40 heavy (non-hydrogen) atoms. The molecule has 0 aliphatic rings. The molecule has 0 rings (SSSR count). The zero-order chi connectivity index (χ0) is 30.8. The van der Waals surface area contributed by atoms with Crippen LogP contribution in [0.4, 0.5) is 0 Å². The molecule has 0 bridgehead atoms. The van der Waals surface area contributed by atoms with Gasteiger partial charge >= 0.3 is 0 Å². The predicted molar refractivity (Wildman–Crippen MR) is 169 cm³/mol. The number of rotatable bonds is 18. The van der Waals surface area contributed by atoms with E-state index in [0.29, 0.717) is 0 Å². The number of hydrogen-bond acceptors (Lipinski definition) is 6. The molecule has 0 heterocycles. The van der Waals surface area contributed by atoms with Gasteiger partial charge in [-0.2, -0.15) is 0 Å². The first kappa shape index (κ1) is 35.3. The summed E-state index contributed by atoms with van der Waals surface area (Å²) in [5.41, 5.74) is 0. The van der Waals surface area contributed by atoms with E-state index in [9.17, 15) is 21.9 Å². The third kappa shape index (κ3) is 10.6. The van der Waals surface area contributed by atoms with Crippen LogP contribution in [0.15, 0.2) is 193 Å². The summed E-state index contributed by atoms with van der Waals surface area (Å²) in [4.78, 5) is -0.557. The fourth-order valence-corrected chi connectivity index (χ4v) is 4.98. The van der Waals surface area contributed by atoms with Crippen LogP contribution in [-0.4, -0.2) is 21.9 Å². The fourth-order valence-electron chi connectivity index (χ4n) is 2.56. The first-order valence-electron chi connectivity index (χ1n) is 11.4. The average Bonchev–Trinajstić information content (AvgIpc) is 2.93. The van der Waals surface area contributed by atoms with Crippen LogP contribution < -0.4 is 0 Å². The maximum absolute atomic E-state index is 13.0. The molecule has 1 N–H and O–H groups in total. The molecule has 210 valence electrons. The topological polar surface area (TPSA) is 97.7 Å². The van der Waals surface area contributed by atoms with E-state index < -0.39 is 19.7 Å². The highest BCUT2D eigenvalue weighted by Gasteiger charge is 2.19. The number of aliphatic hydroxyl groups excluding tert-OH is 1. The minimum atomic E-state index is -4.05. The monoisotopic (exact) mass is 578 g/mol. The Labute approximate surface area is 238 Å². The molecule has 0 radical (unpaired) electrons. The molecule has 0 aliphatic carbocycles. The first-order valence-corrected chi connectivity index (χ1v) is 14.4. The molecule has 0 fully saturated rings. The molecular formula is C32H34O6S2. The second kappa shape index (κ2) is 17.8. The van der Waals surface area contributed by atoms with Crippen molar-refractivity contribution < 1.29 is 26.7 Å². The minimum Gasteiger partial charge on any atom is -0.508 e. The molecule has 0 saturated heterocycles. The van der Waals surface area contributed by atoms with Crippen molar-refractivity contribution in [2.75, 3.05) is 0 Å². The van der Waals surface area contributed by atoms with E-state index in [4.69, 9.17) is 4.74 Å². The van der Waals surface area contributed by atoms with Crippen LogP contribution in [0, 0.1) is 0 Å². The third-order valence-electron chi connectivity index (χ3n) is 4.64. The van der Waals surface area contributed by atoms with Gasteiger partial charge in [0.2, 0.25) is 19.7 Å². The van der Waals surface area contributed by atoms with E-state index in [1.165, 1.54) is 72.9 Å². The van der Waals surface area contributed by atoms with Gasteiger partial charge in [0.05, 0.1) is 19.6 Å².